The summed E-state index contributed by atoms with van der Waals surface area (Å²) in [7, 11) is 1.83. The summed E-state index contributed by atoms with van der Waals surface area (Å²) in [5, 5.41) is 12.5. The van der Waals surface area contributed by atoms with Gasteiger partial charge in [-0.25, -0.2) is 0 Å². The van der Waals surface area contributed by atoms with Crippen LogP contribution in [0.4, 0.5) is 5.69 Å². The maximum Gasteiger partial charge on any atom is 0.255 e. The molecule has 4 heteroatoms. The van der Waals surface area contributed by atoms with E-state index in [1.165, 1.54) is 0 Å². The van der Waals surface area contributed by atoms with Crippen LogP contribution in [0, 0.1) is 5.92 Å². The zero-order chi connectivity index (χ0) is 13.8. The Bertz CT molecular complexity index is 442. The van der Waals surface area contributed by atoms with Crippen LogP contribution >= 0.6 is 0 Å². The van der Waals surface area contributed by atoms with Crippen molar-refractivity contribution in [2.75, 3.05) is 25.5 Å². The first-order chi connectivity index (χ1) is 9.11. The third-order valence-corrected chi connectivity index (χ3v) is 3.61. The number of amides is 1. The van der Waals surface area contributed by atoms with Gasteiger partial charge in [0, 0.05) is 25.8 Å². The third kappa shape index (κ3) is 3.26. The number of rotatable bonds is 5. The zero-order valence-corrected chi connectivity index (χ0v) is 11.6. The summed E-state index contributed by atoms with van der Waals surface area (Å²) in [5.74, 6) is 0.480. The minimum Gasteiger partial charge on any atom is -0.393 e. The van der Waals surface area contributed by atoms with Gasteiger partial charge >= 0.3 is 0 Å². The molecule has 4 nitrogen and oxygen atoms in total. The molecule has 1 aromatic carbocycles. The lowest BCUT2D eigenvalue weighted by molar-refractivity contribution is 0.0265. The number of carbonyl (C=O) groups excluding carboxylic acids is 1. The number of hydrogen-bond donors (Lipinski definition) is 2. The molecule has 1 saturated carbocycles. The van der Waals surface area contributed by atoms with Gasteiger partial charge in [-0.2, -0.15) is 0 Å². The second kappa shape index (κ2) is 6.06. The van der Waals surface area contributed by atoms with E-state index in [1.54, 1.807) is 4.90 Å². The molecule has 1 aliphatic rings. The van der Waals surface area contributed by atoms with Gasteiger partial charge in [0.25, 0.3) is 5.91 Å². The normalized spacial score (nSPS) is 21.6. The molecular weight excluding hydrogens is 240 g/mol. The van der Waals surface area contributed by atoms with Crippen LogP contribution in [0.1, 0.15) is 30.1 Å². The predicted molar refractivity (Wildman–Crippen MR) is 76.3 cm³/mol. The molecule has 1 aromatic rings. The Morgan fingerprint density at radius 2 is 2.11 bits per heavy atom. The van der Waals surface area contributed by atoms with Crippen LogP contribution in [0.15, 0.2) is 24.3 Å². The van der Waals surface area contributed by atoms with Gasteiger partial charge in [-0.3, -0.25) is 4.79 Å². The fourth-order valence-corrected chi connectivity index (χ4v) is 2.54. The minimum absolute atomic E-state index is 0.0398. The smallest absolute Gasteiger partial charge is 0.255 e. The van der Waals surface area contributed by atoms with Crippen molar-refractivity contribution >= 4 is 11.6 Å². The Labute approximate surface area is 114 Å². The molecule has 0 heterocycles. The first-order valence-electron chi connectivity index (χ1n) is 6.88. The number of carbonyl (C=O) groups is 1. The molecule has 0 unspecified atom stereocenters. The van der Waals surface area contributed by atoms with E-state index in [4.69, 9.17) is 0 Å². The Balaban J connectivity index is 2.01. The fourth-order valence-electron chi connectivity index (χ4n) is 2.54. The van der Waals surface area contributed by atoms with Crippen LogP contribution in [0.5, 0.6) is 0 Å². The van der Waals surface area contributed by atoms with Crippen molar-refractivity contribution < 1.29 is 9.90 Å². The molecule has 0 radical (unpaired) electrons. The highest BCUT2D eigenvalue weighted by Crippen LogP contribution is 2.28. The van der Waals surface area contributed by atoms with Gasteiger partial charge < -0.3 is 15.3 Å². The summed E-state index contributed by atoms with van der Waals surface area (Å²) >= 11 is 0. The molecule has 0 spiro atoms. The fraction of sp³-hybridized carbons (Fsp3) is 0.533. The molecule has 1 amide bonds. The number of aliphatic hydroxyl groups is 1. The average molecular weight is 262 g/mol. The summed E-state index contributed by atoms with van der Waals surface area (Å²) < 4.78 is 0. The monoisotopic (exact) mass is 262 g/mol. The van der Waals surface area contributed by atoms with Crippen molar-refractivity contribution in [1.29, 1.82) is 0 Å². The molecule has 104 valence electrons. The van der Waals surface area contributed by atoms with E-state index in [9.17, 15) is 9.90 Å². The second-order valence-electron chi connectivity index (χ2n) is 5.25. The van der Waals surface area contributed by atoms with Gasteiger partial charge in [0.2, 0.25) is 0 Å². The lowest BCUT2D eigenvalue weighted by Gasteiger charge is -2.34. The van der Waals surface area contributed by atoms with Crippen molar-refractivity contribution in [2.24, 2.45) is 5.92 Å². The van der Waals surface area contributed by atoms with Crippen molar-refractivity contribution in [3.8, 4) is 0 Å². The van der Waals surface area contributed by atoms with E-state index in [0.29, 0.717) is 11.5 Å². The summed E-state index contributed by atoms with van der Waals surface area (Å²) in [6, 6.07) is 7.59. The molecule has 0 bridgehead atoms. The van der Waals surface area contributed by atoms with Gasteiger partial charge in [0.1, 0.15) is 0 Å². The zero-order valence-electron chi connectivity index (χ0n) is 11.6. The Hall–Kier alpha value is -1.55. The highest BCUT2D eigenvalue weighted by Gasteiger charge is 2.29. The molecule has 1 fully saturated rings. The first-order valence-corrected chi connectivity index (χ1v) is 6.88. The van der Waals surface area contributed by atoms with Gasteiger partial charge in [-0.15, -0.1) is 0 Å². The van der Waals surface area contributed by atoms with Crippen molar-refractivity contribution in [3.05, 3.63) is 29.8 Å². The van der Waals surface area contributed by atoms with E-state index < -0.39 is 0 Å². The maximum absolute atomic E-state index is 12.4. The lowest BCUT2D eigenvalue weighted by Crippen LogP contribution is -2.39. The molecule has 0 atom stereocenters. The average Bonchev–Trinajstić information content (AvgIpc) is 2.37. The molecule has 2 rings (SSSR count). The molecule has 0 aromatic heterocycles. The van der Waals surface area contributed by atoms with E-state index >= 15 is 0 Å². The topological polar surface area (TPSA) is 52.6 Å². The number of aliphatic hydroxyl groups excluding tert-OH is 1. The standard InChI is InChI=1S/C15H22N2O2/c1-3-16-14-7-5-4-6-13(14)15(19)17(2)10-11-8-12(18)9-11/h4-7,11-12,16,18H,3,8-10H2,1-2H3. The summed E-state index contributed by atoms with van der Waals surface area (Å²) in [6.07, 6.45) is 1.46. The predicted octanol–water partition coefficient (Wildman–Crippen LogP) is 1.96. The Kier molecular flexibility index (Phi) is 4.43. The maximum atomic E-state index is 12.4. The van der Waals surface area contributed by atoms with Crippen LogP contribution in [0.25, 0.3) is 0 Å². The molecule has 19 heavy (non-hydrogen) atoms. The van der Waals surface area contributed by atoms with Crippen LogP contribution in [-0.2, 0) is 0 Å². The number of anilines is 1. The summed E-state index contributed by atoms with van der Waals surface area (Å²) in [4.78, 5) is 14.2. The molecule has 0 aliphatic heterocycles. The van der Waals surface area contributed by atoms with E-state index in [2.05, 4.69) is 5.32 Å². The van der Waals surface area contributed by atoms with Crippen LogP contribution < -0.4 is 5.32 Å². The summed E-state index contributed by atoms with van der Waals surface area (Å²) in [5.41, 5.74) is 1.60. The van der Waals surface area contributed by atoms with E-state index in [-0.39, 0.29) is 12.0 Å². The third-order valence-electron chi connectivity index (χ3n) is 3.61. The number of hydrogen-bond acceptors (Lipinski definition) is 3. The van der Waals surface area contributed by atoms with Crippen molar-refractivity contribution in [1.82, 2.24) is 4.90 Å². The van der Waals surface area contributed by atoms with E-state index in [1.807, 2.05) is 38.2 Å². The van der Waals surface area contributed by atoms with E-state index in [0.717, 1.165) is 31.6 Å². The highest BCUT2D eigenvalue weighted by atomic mass is 16.3. The number of benzene rings is 1. The molecular formula is C15H22N2O2. The second-order valence-corrected chi connectivity index (χ2v) is 5.25. The lowest BCUT2D eigenvalue weighted by atomic mass is 9.82. The first kappa shape index (κ1) is 13.9. The Morgan fingerprint density at radius 3 is 2.74 bits per heavy atom. The summed E-state index contributed by atoms with van der Waals surface area (Å²) in [6.45, 7) is 3.53. The largest absolute Gasteiger partial charge is 0.393 e. The number of nitrogens with zero attached hydrogens (tertiary/aromatic N) is 1. The SMILES string of the molecule is CCNc1ccccc1C(=O)N(C)CC1CC(O)C1. The minimum atomic E-state index is -0.164. The molecule has 0 saturated heterocycles. The van der Waals surface area contributed by atoms with Crippen LogP contribution in [0.3, 0.4) is 0 Å². The van der Waals surface area contributed by atoms with Gasteiger partial charge in [-0.05, 0) is 37.8 Å². The highest BCUT2D eigenvalue weighted by molar-refractivity contribution is 5.99. The quantitative estimate of drug-likeness (QED) is 0.853. The van der Waals surface area contributed by atoms with Crippen LogP contribution in [-0.4, -0.2) is 42.2 Å². The molecule has 2 N–H and O–H groups in total. The number of para-hydroxylation sites is 1. The molecule has 1 aliphatic carbocycles. The van der Waals surface area contributed by atoms with Gasteiger partial charge in [0.05, 0.1) is 11.7 Å². The van der Waals surface area contributed by atoms with Crippen molar-refractivity contribution in [3.63, 3.8) is 0 Å². The Morgan fingerprint density at radius 1 is 1.42 bits per heavy atom. The number of nitrogens with one attached hydrogen (secondary N) is 1. The van der Waals surface area contributed by atoms with Crippen molar-refractivity contribution in [2.45, 2.75) is 25.9 Å². The van der Waals surface area contributed by atoms with Gasteiger partial charge in [-0.1, -0.05) is 12.1 Å². The van der Waals surface area contributed by atoms with Crippen LogP contribution in [0.2, 0.25) is 0 Å². The van der Waals surface area contributed by atoms with Gasteiger partial charge in [0.15, 0.2) is 0 Å².